The molecule has 0 unspecified atom stereocenters. The lowest BCUT2D eigenvalue weighted by molar-refractivity contribution is 0.312. The van der Waals surface area contributed by atoms with Gasteiger partial charge < -0.3 is 19.7 Å². The monoisotopic (exact) mass is 483 g/mol. The van der Waals surface area contributed by atoms with Crippen molar-refractivity contribution in [2.24, 2.45) is 0 Å². The Morgan fingerprint density at radius 1 is 1.06 bits per heavy atom. The van der Waals surface area contributed by atoms with Crippen molar-refractivity contribution in [3.63, 3.8) is 0 Å². The molecule has 6 heterocycles. The van der Waals surface area contributed by atoms with Gasteiger partial charge in [0, 0.05) is 57.9 Å². The maximum absolute atomic E-state index is 5.03. The molecule has 0 radical (unpaired) electrons. The highest BCUT2D eigenvalue weighted by molar-refractivity contribution is 5.82. The molecule has 5 aromatic heterocycles. The van der Waals surface area contributed by atoms with Crippen LogP contribution in [-0.4, -0.2) is 84.3 Å². The average Bonchev–Trinajstić information content (AvgIpc) is 3.49. The van der Waals surface area contributed by atoms with Gasteiger partial charge in [0.2, 0.25) is 5.65 Å². The summed E-state index contributed by atoms with van der Waals surface area (Å²) >= 11 is 0. The summed E-state index contributed by atoms with van der Waals surface area (Å²) in [5.74, 6) is 3.16. The normalized spacial score (nSPS) is 15.6. The Labute approximate surface area is 208 Å². The first-order valence-electron chi connectivity index (χ1n) is 12.2. The standard InChI is InChI=1S/C25H29N11/c1-16(18-6-5-7-27-13-18)36-21-12-22(34-10-8-33(4)9-11-34)28-14-19(21)30-24(36)20-15-35-17(2)31-32-25(35)23(26-3)29-20/h5-7,12-16H,8-11H2,1-4H3,(H,26,29)/t16-/m0/s1. The van der Waals surface area contributed by atoms with Crippen molar-refractivity contribution in [3.05, 3.63) is 54.4 Å². The number of imidazole rings is 1. The number of pyridine rings is 2. The number of hydrogen-bond acceptors (Lipinski definition) is 9. The van der Waals surface area contributed by atoms with Gasteiger partial charge in [-0.25, -0.2) is 15.0 Å². The molecule has 0 bridgehead atoms. The van der Waals surface area contributed by atoms with Crippen LogP contribution in [0.5, 0.6) is 0 Å². The van der Waals surface area contributed by atoms with Crippen LogP contribution < -0.4 is 10.2 Å². The fourth-order valence-electron chi connectivity index (χ4n) is 4.82. The minimum absolute atomic E-state index is 0.0287. The number of hydrogen-bond donors (Lipinski definition) is 1. The molecule has 5 aromatic rings. The largest absolute Gasteiger partial charge is 0.370 e. The predicted molar refractivity (Wildman–Crippen MR) is 139 cm³/mol. The third-order valence-corrected chi connectivity index (χ3v) is 6.97. The van der Waals surface area contributed by atoms with E-state index in [1.165, 1.54) is 0 Å². The molecule has 0 aliphatic carbocycles. The molecule has 184 valence electrons. The Bertz CT molecular complexity index is 1530. The molecule has 0 spiro atoms. The third kappa shape index (κ3) is 3.72. The molecule has 6 rings (SSSR count). The van der Waals surface area contributed by atoms with Gasteiger partial charge in [-0.2, -0.15) is 0 Å². The lowest BCUT2D eigenvalue weighted by atomic mass is 10.1. The molecule has 1 aliphatic rings. The second-order valence-corrected chi connectivity index (χ2v) is 9.25. The van der Waals surface area contributed by atoms with Crippen molar-refractivity contribution < 1.29 is 0 Å². The van der Waals surface area contributed by atoms with Crippen molar-refractivity contribution in [2.75, 3.05) is 50.5 Å². The van der Waals surface area contributed by atoms with E-state index in [-0.39, 0.29) is 6.04 Å². The number of nitrogens with zero attached hydrogens (tertiary/aromatic N) is 10. The molecule has 1 atom stereocenters. The first kappa shape index (κ1) is 22.4. The van der Waals surface area contributed by atoms with Gasteiger partial charge in [0.05, 0.1) is 17.8 Å². The van der Waals surface area contributed by atoms with Crippen molar-refractivity contribution >= 4 is 28.3 Å². The first-order valence-corrected chi connectivity index (χ1v) is 12.2. The highest BCUT2D eigenvalue weighted by atomic mass is 15.3. The van der Waals surface area contributed by atoms with E-state index in [2.05, 4.69) is 61.0 Å². The topological polar surface area (TPSA) is 105 Å². The SMILES string of the molecule is CNc1nc(-c2nc3cnc(N4CCN(C)CC4)cc3n2[C@@H](C)c2cccnc2)cn2c(C)nnc12. The minimum atomic E-state index is -0.0287. The number of likely N-dealkylation sites (N-methyl/N-ethyl adjacent to an activating group) is 1. The smallest absolute Gasteiger partial charge is 0.203 e. The zero-order valence-corrected chi connectivity index (χ0v) is 20.9. The minimum Gasteiger partial charge on any atom is -0.370 e. The second kappa shape index (κ2) is 8.83. The number of nitrogens with one attached hydrogen (secondary N) is 1. The Morgan fingerprint density at radius 3 is 2.64 bits per heavy atom. The van der Waals surface area contributed by atoms with Crippen LogP contribution in [-0.2, 0) is 0 Å². The maximum Gasteiger partial charge on any atom is 0.203 e. The molecule has 0 aromatic carbocycles. The molecule has 0 amide bonds. The van der Waals surface area contributed by atoms with Crippen molar-refractivity contribution in [2.45, 2.75) is 19.9 Å². The predicted octanol–water partition coefficient (Wildman–Crippen LogP) is 2.64. The zero-order valence-electron chi connectivity index (χ0n) is 20.9. The summed E-state index contributed by atoms with van der Waals surface area (Å²) in [5, 5.41) is 11.7. The number of aromatic nitrogens is 8. The summed E-state index contributed by atoms with van der Waals surface area (Å²) in [5.41, 5.74) is 4.33. The van der Waals surface area contributed by atoms with Gasteiger partial charge >= 0.3 is 0 Å². The number of anilines is 2. The van der Waals surface area contributed by atoms with Gasteiger partial charge in [-0.15, -0.1) is 10.2 Å². The Morgan fingerprint density at radius 2 is 1.89 bits per heavy atom. The molecule has 36 heavy (non-hydrogen) atoms. The van der Waals surface area contributed by atoms with Gasteiger partial charge in [0.15, 0.2) is 11.6 Å². The van der Waals surface area contributed by atoms with E-state index in [4.69, 9.17) is 15.0 Å². The van der Waals surface area contributed by atoms with Crippen LogP contribution in [0.25, 0.3) is 28.2 Å². The molecule has 1 N–H and O–H groups in total. The highest BCUT2D eigenvalue weighted by Crippen LogP contribution is 2.33. The average molecular weight is 484 g/mol. The fourth-order valence-corrected chi connectivity index (χ4v) is 4.82. The molecule has 11 heteroatoms. The fraction of sp³-hybridized carbons (Fsp3) is 0.360. The summed E-state index contributed by atoms with van der Waals surface area (Å²) in [4.78, 5) is 23.8. The molecule has 1 aliphatic heterocycles. The van der Waals surface area contributed by atoms with Crippen LogP contribution >= 0.6 is 0 Å². The van der Waals surface area contributed by atoms with Crippen LogP contribution in [0.15, 0.2) is 43.0 Å². The summed E-state index contributed by atoms with van der Waals surface area (Å²) in [7, 11) is 4.00. The summed E-state index contributed by atoms with van der Waals surface area (Å²) in [6.45, 7) is 8.03. The van der Waals surface area contributed by atoms with Crippen LogP contribution in [0.3, 0.4) is 0 Å². The molecule has 0 saturated carbocycles. The Hall–Kier alpha value is -4.12. The molecular formula is C25H29N11. The number of piperazine rings is 1. The molecular weight excluding hydrogens is 454 g/mol. The molecule has 1 fully saturated rings. The van der Waals surface area contributed by atoms with Gasteiger partial charge in [0.25, 0.3) is 0 Å². The van der Waals surface area contributed by atoms with Gasteiger partial charge in [-0.3, -0.25) is 9.38 Å². The van der Waals surface area contributed by atoms with Crippen LogP contribution in [0.2, 0.25) is 0 Å². The lowest BCUT2D eigenvalue weighted by Crippen LogP contribution is -2.44. The van der Waals surface area contributed by atoms with E-state index in [1.54, 1.807) is 6.20 Å². The highest BCUT2D eigenvalue weighted by Gasteiger charge is 2.24. The van der Waals surface area contributed by atoms with E-state index in [1.807, 2.05) is 43.0 Å². The Balaban J connectivity index is 1.56. The van der Waals surface area contributed by atoms with Crippen molar-refractivity contribution in [1.82, 2.24) is 44.0 Å². The van der Waals surface area contributed by atoms with E-state index in [9.17, 15) is 0 Å². The summed E-state index contributed by atoms with van der Waals surface area (Å²) < 4.78 is 4.18. The van der Waals surface area contributed by atoms with E-state index < -0.39 is 0 Å². The van der Waals surface area contributed by atoms with Crippen LogP contribution in [0.1, 0.15) is 24.4 Å². The third-order valence-electron chi connectivity index (χ3n) is 6.97. The number of fused-ring (bicyclic) bond motifs is 2. The van der Waals surface area contributed by atoms with E-state index in [0.717, 1.165) is 65.9 Å². The van der Waals surface area contributed by atoms with Crippen LogP contribution in [0.4, 0.5) is 11.6 Å². The second-order valence-electron chi connectivity index (χ2n) is 9.25. The molecule has 1 saturated heterocycles. The lowest BCUT2D eigenvalue weighted by Gasteiger charge is -2.33. The van der Waals surface area contributed by atoms with E-state index in [0.29, 0.717) is 11.5 Å². The molecule has 11 nitrogen and oxygen atoms in total. The van der Waals surface area contributed by atoms with Gasteiger partial charge in [0.1, 0.15) is 22.9 Å². The Kier molecular flexibility index (Phi) is 5.48. The quantitative estimate of drug-likeness (QED) is 0.404. The summed E-state index contributed by atoms with van der Waals surface area (Å²) in [6.07, 6.45) is 7.53. The maximum atomic E-state index is 5.03. The number of aryl methyl sites for hydroxylation is 1. The van der Waals surface area contributed by atoms with Gasteiger partial charge in [-0.05, 0) is 32.5 Å². The van der Waals surface area contributed by atoms with Crippen molar-refractivity contribution in [1.29, 1.82) is 0 Å². The summed E-state index contributed by atoms with van der Waals surface area (Å²) in [6, 6.07) is 6.19. The van der Waals surface area contributed by atoms with Gasteiger partial charge in [-0.1, -0.05) is 6.07 Å². The zero-order chi connectivity index (χ0) is 24.8. The van der Waals surface area contributed by atoms with Crippen molar-refractivity contribution in [3.8, 4) is 11.5 Å². The van der Waals surface area contributed by atoms with Crippen LogP contribution in [0, 0.1) is 6.92 Å². The number of rotatable bonds is 5. The van der Waals surface area contributed by atoms with E-state index >= 15 is 0 Å². The first-order chi connectivity index (χ1) is 17.5.